The van der Waals surface area contributed by atoms with Gasteiger partial charge in [-0.1, -0.05) is 74.8 Å². The predicted molar refractivity (Wildman–Crippen MR) is 156 cm³/mol. The average molecular weight is 532 g/mol. The monoisotopic (exact) mass is 531 g/mol. The van der Waals surface area contributed by atoms with E-state index in [0.717, 1.165) is 43.6 Å². The fourth-order valence-electron chi connectivity index (χ4n) is 10.3. The third-order valence-electron chi connectivity index (χ3n) is 12.4. The molecule has 3 saturated carbocycles. The zero-order valence-corrected chi connectivity index (χ0v) is 24.6. The molecule has 0 bridgehead atoms. The Morgan fingerprint density at radius 1 is 1.15 bits per heavy atom. The first kappa shape index (κ1) is 27.4. The first-order valence-corrected chi connectivity index (χ1v) is 15.8. The Bertz CT molecular complexity index is 1100. The third-order valence-corrected chi connectivity index (χ3v) is 12.4. The lowest BCUT2D eigenvalue weighted by atomic mass is 9.47. The maximum atomic E-state index is 8.64. The van der Waals surface area contributed by atoms with Gasteiger partial charge in [-0.2, -0.15) is 0 Å². The minimum Gasteiger partial charge on any atom is -0.374 e. The van der Waals surface area contributed by atoms with E-state index >= 15 is 0 Å². The van der Waals surface area contributed by atoms with Crippen LogP contribution in [0.3, 0.4) is 0 Å². The smallest absolute Gasteiger partial charge is 0.0720 e. The van der Waals surface area contributed by atoms with Gasteiger partial charge in [-0.3, -0.25) is 0 Å². The zero-order valence-electron chi connectivity index (χ0n) is 24.6. The highest BCUT2D eigenvalue weighted by Crippen LogP contribution is 2.69. The lowest BCUT2D eigenvalue weighted by Gasteiger charge is -2.58. The summed E-state index contributed by atoms with van der Waals surface area (Å²) in [6.07, 6.45) is 14.9. The van der Waals surface area contributed by atoms with Gasteiger partial charge in [0.2, 0.25) is 0 Å². The summed E-state index contributed by atoms with van der Waals surface area (Å²) in [6, 6.07) is 10.6. The molecule has 1 heterocycles. The van der Waals surface area contributed by atoms with Crippen LogP contribution in [0.2, 0.25) is 0 Å². The van der Waals surface area contributed by atoms with Gasteiger partial charge in [0.05, 0.1) is 24.9 Å². The van der Waals surface area contributed by atoms with Gasteiger partial charge in [-0.15, -0.1) is 0 Å². The van der Waals surface area contributed by atoms with Crippen molar-refractivity contribution in [3.8, 4) is 0 Å². The van der Waals surface area contributed by atoms with Crippen molar-refractivity contribution in [2.24, 2.45) is 51.5 Å². The molecule has 4 aliphatic carbocycles. The van der Waals surface area contributed by atoms with Crippen LogP contribution in [0.25, 0.3) is 10.4 Å². The molecule has 0 aromatic heterocycles. The van der Waals surface area contributed by atoms with E-state index in [1.54, 1.807) is 5.57 Å². The number of hydrogen-bond acceptors (Lipinski definition) is 3. The number of benzene rings is 1. The van der Waals surface area contributed by atoms with Crippen LogP contribution < -0.4 is 0 Å². The second kappa shape index (κ2) is 10.9. The summed E-state index contributed by atoms with van der Waals surface area (Å²) in [5.41, 5.74) is 12.4. The largest absolute Gasteiger partial charge is 0.374 e. The van der Waals surface area contributed by atoms with Gasteiger partial charge in [0.15, 0.2) is 0 Å². The maximum absolute atomic E-state index is 8.64. The summed E-state index contributed by atoms with van der Waals surface area (Å²) >= 11 is 0. The van der Waals surface area contributed by atoms with E-state index < -0.39 is 0 Å². The summed E-state index contributed by atoms with van der Waals surface area (Å²) < 4.78 is 13.3. The SMILES string of the molecule is C[C@H](CCC1O[C@H]2C[C@H]3[C@@H]4CC=C5C[C@@H](OCc6ccccc6)CC[C@]5(C)[C@H]4CC[C@]3(C)[C@H]2[C@@H]1C)CN=[N+]=[N-]. The maximum Gasteiger partial charge on any atom is 0.0720 e. The summed E-state index contributed by atoms with van der Waals surface area (Å²) in [7, 11) is 0. The van der Waals surface area contributed by atoms with Crippen molar-refractivity contribution in [1.82, 2.24) is 0 Å². The lowest BCUT2D eigenvalue weighted by molar-refractivity contribution is -0.0669. The Kier molecular flexibility index (Phi) is 7.63. The van der Waals surface area contributed by atoms with Crippen molar-refractivity contribution >= 4 is 0 Å². The van der Waals surface area contributed by atoms with Crippen LogP contribution >= 0.6 is 0 Å². The number of fused-ring (bicyclic) bond motifs is 7. The zero-order chi connectivity index (χ0) is 27.2. The fourth-order valence-corrected chi connectivity index (χ4v) is 10.3. The van der Waals surface area contributed by atoms with Gasteiger partial charge >= 0.3 is 0 Å². The molecule has 6 rings (SSSR count). The molecule has 212 valence electrons. The van der Waals surface area contributed by atoms with Gasteiger partial charge in [-0.05, 0) is 115 Å². The number of allylic oxidation sites excluding steroid dienone is 1. The molecule has 39 heavy (non-hydrogen) atoms. The highest BCUT2D eigenvalue weighted by molar-refractivity contribution is 5.26. The van der Waals surface area contributed by atoms with Gasteiger partial charge in [0.25, 0.3) is 0 Å². The number of rotatable bonds is 8. The van der Waals surface area contributed by atoms with Crippen LogP contribution in [-0.4, -0.2) is 24.9 Å². The number of hydrogen-bond donors (Lipinski definition) is 0. The van der Waals surface area contributed by atoms with Gasteiger partial charge < -0.3 is 9.47 Å². The minimum absolute atomic E-state index is 0.353. The molecule has 1 unspecified atom stereocenters. The van der Waals surface area contributed by atoms with E-state index in [4.69, 9.17) is 15.0 Å². The van der Waals surface area contributed by atoms with E-state index in [1.165, 1.54) is 44.1 Å². The van der Waals surface area contributed by atoms with Gasteiger partial charge in [0.1, 0.15) is 0 Å². The molecular formula is C34H49N3O2. The molecule has 0 N–H and O–H groups in total. The Balaban J connectivity index is 1.11. The molecule has 1 aromatic rings. The molecule has 0 amide bonds. The normalized spacial score (nSPS) is 43.3. The van der Waals surface area contributed by atoms with Crippen LogP contribution in [0.4, 0.5) is 0 Å². The average Bonchev–Trinajstić information content (AvgIpc) is 3.42. The van der Waals surface area contributed by atoms with E-state index in [9.17, 15) is 0 Å². The van der Waals surface area contributed by atoms with Crippen LogP contribution in [0.15, 0.2) is 47.1 Å². The number of azide groups is 1. The molecule has 4 fully saturated rings. The molecular weight excluding hydrogens is 482 g/mol. The number of ether oxygens (including phenoxy) is 2. The summed E-state index contributed by atoms with van der Waals surface area (Å²) in [4.78, 5) is 2.94. The highest BCUT2D eigenvalue weighted by atomic mass is 16.5. The molecule has 0 spiro atoms. The Hall–Kier alpha value is -1.81. The van der Waals surface area contributed by atoms with Crippen LogP contribution in [0, 0.1) is 46.3 Å². The van der Waals surface area contributed by atoms with Crippen molar-refractivity contribution in [2.75, 3.05) is 6.54 Å². The summed E-state index contributed by atoms with van der Waals surface area (Å²) in [5.74, 6) is 4.16. The minimum atomic E-state index is 0.353. The summed E-state index contributed by atoms with van der Waals surface area (Å²) in [5, 5.41) is 3.78. The molecule has 5 aliphatic rings. The van der Waals surface area contributed by atoms with Crippen molar-refractivity contribution in [3.63, 3.8) is 0 Å². The van der Waals surface area contributed by atoms with E-state index in [-0.39, 0.29) is 0 Å². The lowest BCUT2D eigenvalue weighted by Crippen LogP contribution is -2.51. The molecule has 1 saturated heterocycles. The Labute approximate surface area is 235 Å². The first-order valence-electron chi connectivity index (χ1n) is 15.8. The van der Waals surface area contributed by atoms with Crippen molar-refractivity contribution < 1.29 is 9.47 Å². The Morgan fingerprint density at radius 2 is 1.97 bits per heavy atom. The standard InChI is InChI=1S/C34H49N3O2/c1-22(20-36-37-35)10-13-30-23(2)32-31(39-30)19-29-27-12-11-25-18-26(38-21-24-8-6-5-7-9-24)14-16-33(25,3)28(27)15-17-34(29,32)4/h5-9,11,22-23,26-32H,10,12-21H2,1-4H3/t22-,23-,26+,27-,28+,29+,30?,31+,32+,33+,34+/m1/s1. The quantitative estimate of drug-likeness (QED) is 0.145. The molecule has 11 atom stereocenters. The van der Waals surface area contributed by atoms with Gasteiger partial charge in [-0.25, -0.2) is 0 Å². The van der Waals surface area contributed by atoms with Crippen LogP contribution in [0.5, 0.6) is 0 Å². The molecule has 5 heteroatoms. The molecule has 0 radical (unpaired) electrons. The highest BCUT2D eigenvalue weighted by Gasteiger charge is 2.64. The van der Waals surface area contributed by atoms with Crippen LogP contribution in [-0.2, 0) is 16.1 Å². The van der Waals surface area contributed by atoms with Crippen molar-refractivity contribution in [3.05, 3.63) is 58.0 Å². The molecule has 1 aromatic carbocycles. The van der Waals surface area contributed by atoms with E-state index in [1.807, 2.05) is 0 Å². The Morgan fingerprint density at radius 3 is 2.77 bits per heavy atom. The predicted octanol–water partition coefficient (Wildman–Crippen LogP) is 8.89. The fraction of sp³-hybridized carbons (Fsp3) is 0.765. The molecule has 1 aliphatic heterocycles. The van der Waals surface area contributed by atoms with Crippen molar-refractivity contribution in [1.29, 1.82) is 0 Å². The van der Waals surface area contributed by atoms with E-state index in [0.29, 0.717) is 53.4 Å². The first-order chi connectivity index (χ1) is 18.8. The third kappa shape index (κ3) is 4.87. The second-order valence-corrected chi connectivity index (χ2v) is 14.4. The summed E-state index contributed by atoms with van der Waals surface area (Å²) in [6.45, 7) is 11.2. The van der Waals surface area contributed by atoms with Gasteiger partial charge in [0, 0.05) is 11.5 Å². The van der Waals surface area contributed by atoms with Crippen molar-refractivity contribution in [2.45, 2.75) is 110 Å². The topological polar surface area (TPSA) is 67.2 Å². The number of nitrogens with zero attached hydrogens (tertiary/aromatic N) is 3. The van der Waals surface area contributed by atoms with Crippen LogP contribution in [0.1, 0.15) is 91.0 Å². The molecule has 5 nitrogen and oxygen atoms in total. The second-order valence-electron chi connectivity index (χ2n) is 14.4. The van der Waals surface area contributed by atoms with E-state index in [2.05, 4.69) is 74.1 Å².